The first-order chi connectivity index (χ1) is 8.68. The fourth-order valence-electron chi connectivity index (χ4n) is 2.26. The minimum absolute atomic E-state index is 0.00423. The molecule has 0 saturated carbocycles. The van der Waals surface area contributed by atoms with Crippen molar-refractivity contribution in [2.24, 2.45) is 0 Å². The van der Waals surface area contributed by atoms with E-state index in [9.17, 15) is 0 Å². The van der Waals surface area contributed by atoms with E-state index >= 15 is 0 Å². The maximum absolute atomic E-state index is 4.81. The highest BCUT2D eigenvalue weighted by molar-refractivity contribution is 5.42. The molecule has 2 heterocycles. The van der Waals surface area contributed by atoms with Gasteiger partial charge in [0, 0.05) is 30.0 Å². The topological polar surface area (TPSA) is 29.0 Å². The van der Waals surface area contributed by atoms with Crippen LogP contribution in [0.5, 0.6) is 0 Å². The number of rotatable bonds is 1. The van der Waals surface area contributed by atoms with E-state index in [1.54, 1.807) is 0 Å². The Labute approximate surface area is 117 Å². The third-order valence-corrected chi connectivity index (χ3v) is 3.58. The monoisotopic (exact) mass is 261 g/mol. The SMILES string of the molecule is CC(C)(C)c1cc(N2CCCC2)nc(C(C)(C)C)n1. The third-order valence-electron chi connectivity index (χ3n) is 3.58. The van der Waals surface area contributed by atoms with E-state index in [0.29, 0.717) is 0 Å². The second-order valence-electron chi connectivity index (χ2n) is 7.63. The van der Waals surface area contributed by atoms with Crippen LogP contribution in [-0.2, 0) is 10.8 Å². The molecule has 0 unspecified atom stereocenters. The van der Waals surface area contributed by atoms with Crippen molar-refractivity contribution in [3.8, 4) is 0 Å². The highest BCUT2D eigenvalue weighted by Crippen LogP contribution is 2.29. The molecular weight excluding hydrogens is 234 g/mol. The van der Waals surface area contributed by atoms with Crippen LogP contribution in [0, 0.1) is 0 Å². The molecule has 0 atom stereocenters. The molecule has 19 heavy (non-hydrogen) atoms. The van der Waals surface area contributed by atoms with E-state index < -0.39 is 0 Å². The van der Waals surface area contributed by atoms with Crippen LogP contribution in [0.25, 0.3) is 0 Å². The third kappa shape index (κ3) is 3.26. The summed E-state index contributed by atoms with van der Waals surface area (Å²) in [5, 5.41) is 0. The average molecular weight is 261 g/mol. The van der Waals surface area contributed by atoms with E-state index in [4.69, 9.17) is 9.97 Å². The second-order valence-corrected chi connectivity index (χ2v) is 7.63. The van der Waals surface area contributed by atoms with Gasteiger partial charge >= 0.3 is 0 Å². The molecule has 1 aromatic heterocycles. The molecule has 0 N–H and O–H groups in total. The number of hydrogen-bond acceptors (Lipinski definition) is 3. The normalized spacial score (nSPS) is 17.1. The average Bonchev–Trinajstić information content (AvgIpc) is 2.79. The van der Waals surface area contributed by atoms with Crippen molar-refractivity contribution < 1.29 is 0 Å². The minimum Gasteiger partial charge on any atom is -0.357 e. The van der Waals surface area contributed by atoms with Gasteiger partial charge in [-0.1, -0.05) is 41.5 Å². The van der Waals surface area contributed by atoms with Gasteiger partial charge in [-0.25, -0.2) is 9.97 Å². The Morgan fingerprint density at radius 1 is 0.895 bits per heavy atom. The molecule has 1 aliphatic rings. The fraction of sp³-hybridized carbons (Fsp3) is 0.750. The summed E-state index contributed by atoms with van der Waals surface area (Å²) in [6, 6.07) is 2.18. The molecule has 0 bridgehead atoms. The summed E-state index contributed by atoms with van der Waals surface area (Å²) in [4.78, 5) is 12.0. The number of nitrogens with zero attached hydrogens (tertiary/aromatic N) is 3. The van der Waals surface area contributed by atoms with Crippen molar-refractivity contribution >= 4 is 5.82 Å². The highest BCUT2D eigenvalue weighted by atomic mass is 15.2. The molecule has 1 saturated heterocycles. The fourth-order valence-corrected chi connectivity index (χ4v) is 2.26. The number of hydrogen-bond donors (Lipinski definition) is 0. The molecule has 2 rings (SSSR count). The summed E-state index contributed by atoms with van der Waals surface area (Å²) in [5.74, 6) is 2.07. The summed E-state index contributed by atoms with van der Waals surface area (Å²) in [6.07, 6.45) is 2.55. The molecule has 106 valence electrons. The van der Waals surface area contributed by atoms with Crippen LogP contribution in [0.15, 0.2) is 6.07 Å². The smallest absolute Gasteiger partial charge is 0.136 e. The van der Waals surface area contributed by atoms with Gasteiger partial charge in [0.2, 0.25) is 0 Å². The number of anilines is 1. The van der Waals surface area contributed by atoms with Gasteiger partial charge in [-0.15, -0.1) is 0 Å². The van der Waals surface area contributed by atoms with Gasteiger partial charge in [0.05, 0.1) is 5.69 Å². The van der Waals surface area contributed by atoms with Crippen LogP contribution in [-0.4, -0.2) is 23.1 Å². The summed E-state index contributed by atoms with van der Waals surface area (Å²) in [5.41, 5.74) is 1.21. The second kappa shape index (κ2) is 4.77. The van der Waals surface area contributed by atoms with Crippen molar-refractivity contribution in [1.29, 1.82) is 0 Å². The molecule has 1 aromatic rings. The Morgan fingerprint density at radius 3 is 1.95 bits per heavy atom. The Hall–Kier alpha value is -1.12. The summed E-state index contributed by atoms with van der Waals surface area (Å²) >= 11 is 0. The van der Waals surface area contributed by atoms with Crippen LogP contribution in [0.3, 0.4) is 0 Å². The molecule has 0 spiro atoms. The van der Waals surface area contributed by atoms with Gasteiger partial charge in [-0.2, -0.15) is 0 Å². The molecule has 0 amide bonds. The molecule has 0 radical (unpaired) electrons. The predicted octanol–water partition coefficient (Wildman–Crippen LogP) is 3.67. The standard InChI is InChI=1S/C16H27N3/c1-15(2,3)12-11-13(19-9-7-8-10-19)18-14(17-12)16(4,5)6/h11H,7-10H2,1-6H3. The Balaban J connectivity index is 2.48. The van der Waals surface area contributed by atoms with Crippen LogP contribution in [0.4, 0.5) is 5.82 Å². The van der Waals surface area contributed by atoms with Gasteiger partial charge < -0.3 is 4.90 Å². The van der Waals surface area contributed by atoms with Crippen molar-refractivity contribution in [2.45, 2.75) is 65.2 Å². The van der Waals surface area contributed by atoms with Crippen molar-refractivity contribution in [2.75, 3.05) is 18.0 Å². The molecule has 0 aliphatic carbocycles. The van der Waals surface area contributed by atoms with Gasteiger partial charge in [-0.05, 0) is 12.8 Å². The maximum atomic E-state index is 4.81. The van der Waals surface area contributed by atoms with E-state index in [-0.39, 0.29) is 10.8 Å². The van der Waals surface area contributed by atoms with Gasteiger partial charge in [-0.3, -0.25) is 0 Å². The zero-order valence-corrected chi connectivity index (χ0v) is 13.2. The zero-order chi connectivity index (χ0) is 14.3. The summed E-state index contributed by atoms with van der Waals surface area (Å²) in [6.45, 7) is 15.5. The predicted molar refractivity (Wildman–Crippen MR) is 80.9 cm³/mol. The van der Waals surface area contributed by atoms with Crippen molar-refractivity contribution in [3.05, 3.63) is 17.6 Å². The van der Waals surface area contributed by atoms with E-state index in [2.05, 4.69) is 52.5 Å². The number of aromatic nitrogens is 2. The highest BCUT2D eigenvalue weighted by Gasteiger charge is 2.25. The lowest BCUT2D eigenvalue weighted by atomic mass is 9.90. The van der Waals surface area contributed by atoms with Crippen molar-refractivity contribution in [3.63, 3.8) is 0 Å². The van der Waals surface area contributed by atoms with Crippen molar-refractivity contribution in [1.82, 2.24) is 9.97 Å². The van der Waals surface area contributed by atoms with Crippen LogP contribution < -0.4 is 4.90 Å². The zero-order valence-electron chi connectivity index (χ0n) is 13.2. The Morgan fingerprint density at radius 2 is 1.47 bits per heavy atom. The lowest BCUT2D eigenvalue weighted by molar-refractivity contribution is 0.513. The maximum Gasteiger partial charge on any atom is 0.136 e. The lowest BCUT2D eigenvalue weighted by Gasteiger charge is -2.26. The first-order valence-corrected chi connectivity index (χ1v) is 7.33. The first kappa shape index (κ1) is 14.3. The summed E-state index contributed by atoms with van der Waals surface area (Å²) in [7, 11) is 0. The molecule has 3 nitrogen and oxygen atoms in total. The molecule has 0 aromatic carbocycles. The van der Waals surface area contributed by atoms with Gasteiger partial charge in [0.15, 0.2) is 0 Å². The molecule has 1 aliphatic heterocycles. The van der Waals surface area contributed by atoms with E-state index in [1.165, 1.54) is 12.8 Å². The molecule has 1 fully saturated rings. The minimum atomic E-state index is -0.00423. The van der Waals surface area contributed by atoms with Crippen LogP contribution >= 0.6 is 0 Å². The molecular formula is C16H27N3. The summed E-state index contributed by atoms with van der Waals surface area (Å²) < 4.78 is 0. The largest absolute Gasteiger partial charge is 0.357 e. The lowest BCUT2D eigenvalue weighted by Crippen LogP contribution is -2.26. The van der Waals surface area contributed by atoms with E-state index in [1.807, 2.05) is 0 Å². The Bertz CT molecular complexity index is 414. The van der Waals surface area contributed by atoms with Crippen LogP contribution in [0.2, 0.25) is 0 Å². The quantitative estimate of drug-likeness (QED) is 0.772. The van der Waals surface area contributed by atoms with Gasteiger partial charge in [0.1, 0.15) is 11.6 Å². The van der Waals surface area contributed by atoms with E-state index in [0.717, 1.165) is 30.4 Å². The van der Waals surface area contributed by atoms with Crippen LogP contribution in [0.1, 0.15) is 65.9 Å². The first-order valence-electron chi connectivity index (χ1n) is 7.33. The Kier molecular flexibility index (Phi) is 3.59. The van der Waals surface area contributed by atoms with Gasteiger partial charge in [0.25, 0.3) is 0 Å². The molecule has 3 heteroatoms.